The number of aromatic amines is 1. The third kappa shape index (κ3) is 1.90. The fourth-order valence-corrected chi connectivity index (χ4v) is 1.87. The molecule has 3 aromatic rings. The van der Waals surface area contributed by atoms with Crippen LogP contribution in [0.3, 0.4) is 0 Å². The van der Waals surface area contributed by atoms with Gasteiger partial charge in [0.15, 0.2) is 10.8 Å². The van der Waals surface area contributed by atoms with Crippen LogP contribution in [-0.2, 0) is 0 Å². The van der Waals surface area contributed by atoms with Crippen molar-refractivity contribution in [3.05, 3.63) is 51.7 Å². The van der Waals surface area contributed by atoms with E-state index in [9.17, 15) is 4.79 Å². The summed E-state index contributed by atoms with van der Waals surface area (Å²) in [5, 5.41) is 9.48. The average molecular weight is 288 g/mol. The molecular weight excluding hydrogens is 282 g/mol. The minimum Gasteiger partial charge on any atom is -0.442 e. The molecule has 0 aliphatic rings. The maximum Gasteiger partial charge on any atom is 0.273 e. The molecule has 0 aliphatic carbocycles. The highest BCUT2D eigenvalue weighted by Crippen LogP contribution is 2.36. The quantitative estimate of drug-likeness (QED) is 0.782. The molecule has 0 atom stereocenters. The molecule has 1 aromatic carbocycles. The van der Waals surface area contributed by atoms with E-state index in [1.165, 1.54) is 0 Å². The van der Waals surface area contributed by atoms with Crippen LogP contribution in [0.1, 0.15) is 5.76 Å². The number of H-pyrrole nitrogens is 1. The van der Waals surface area contributed by atoms with Crippen LogP contribution in [0.15, 0.2) is 39.8 Å². The number of nitrogens with zero attached hydrogens (tertiary/aromatic N) is 2. The predicted molar refractivity (Wildman–Crippen MR) is 70.9 cm³/mol. The number of benzene rings is 1. The molecule has 3 rings (SSSR count). The standard InChI is InChI=1S/C13H6ClN3O3/c14-10-12(18)16-6-17-13(10)20-11-7-3-1-2-4-8(7)19-9(11)5-15/h1-4,6H,(H,16,17,18). The zero-order valence-electron chi connectivity index (χ0n) is 9.88. The fourth-order valence-electron chi connectivity index (χ4n) is 1.73. The first-order valence-corrected chi connectivity index (χ1v) is 5.91. The van der Waals surface area contributed by atoms with Gasteiger partial charge in [0.2, 0.25) is 11.6 Å². The van der Waals surface area contributed by atoms with Crippen molar-refractivity contribution in [3.63, 3.8) is 0 Å². The second-order valence-electron chi connectivity index (χ2n) is 3.82. The Morgan fingerprint density at radius 2 is 2.20 bits per heavy atom. The van der Waals surface area contributed by atoms with E-state index in [2.05, 4.69) is 9.97 Å². The summed E-state index contributed by atoms with van der Waals surface area (Å²) in [6, 6.07) is 8.88. The number of hydrogen-bond acceptors (Lipinski definition) is 5. The van der Waals surface area contributed by atoms with Gasteiger partial charge in [0.25, 0.3) is 5.56 Å². The van der Waals surface area contributed by atoms with Crippen LogP contribution in [0.5, 0.6) is 11.6 Å². The lowest BCUT2D eigenvalue weighted by molar-refractivity contribution is 0.448. The number of ether oxygens (including phenoxy) is 1. The van der Waals surface area contributed by atoms with Crippen LogP contribution in [-0.4, -0.2) is 9.97 Å². The molecule has 20 heavy (non-hydrogen) atoms. The smallest absolute Gasteiger partial charge is 0.273 e. The summed E-state index contributed by atoms with van der Waals surface area (Å²) in [7, 11) is 0. The molecule has 0 saturated carbocycles. The summed E-state index contributed by atoms with van der Waals surface area (Å²) < 4.78 is 10.8. The predicted octanol–water partition coefficient (Wildman–Crippen LogP) is 2.83. The van der Waals surface area contributed by atoms with Gasteiger partial charge in [-0.3, -0.25) is 4.79 Å². The molecule has 98 valence electrons. The van der Waals surface area contributed by atoms with Crippen molar-refractivity contribution >= 4 is 22.6 Å². The van der Waals surface area contributed by atoms with Crippen LogP contribution < -0.4 is 10.3 Å². The second kappa shape index (κ2) is 4.72. The normalized spacial score (nSPS) is 10.4. The number of furan rings is 1. The van der Waals surface area contributed by atoms with Gasteiger partial charge in [0.1, 0.15) is 11.7 Å². The number of para-hydroxylation sites is 1. The van der Waals surface area contributed by atoms with Crippen molar-refractivity contribution < 1.29 is 9.15 Å². The summed E-state index contributed by atoms with van der Waals surface area (Å²) >= 11 is 5.81. The second-order valence-corrected chi connectivity index (χ2v) is 4.20. The Labute approximate surface area is 117 Å². The van der Waals surface area contributed by atoms with E-state index < -0.39 is 5.56 Å². The van der Waals surface area contributed by atoms with E-state index in [0.717, 1.165) is 6.33 Å². The highest BCUT2D eigenvalue weighted by atomic mass is 35.5. The largest absolute Gasteiger partial charge is 0.442 e. The lowest BCUT2D eigenvalue weighted by atomic mass is 10.2. The molecular formula is C13H6ClN3O3. The zero-order valence-corrected chi connectivity index (χ0v) is 10.6. The summed E-state index contributed by atoms with van der Waals surface area (Å²) in [6.07, 6.45) is 1.16. The van der Waals surface area contributed by atoms with Gasteiger partial charge in [-0.15, -0.1) is 0 Å². The van der Waals surface area contributed by atoms with Crippen LogP contribution in [0.2, 0.25) is 5.02 Å². The minimum atomic E-state index is -0.525. The molecule has 7 heteroatoms. The number of rotatable bonds is 2. The van der Waals surface area contributed by atoms with Gasteiger partial charge in [-0.1, -0.05) is 23.7 Å². The van der Waals surface area contributed by atoms with E-state index in [1.807, 2.05) is 6.07 Å². The number of fused-ring (bicyclic) bond motifs is 1. The van der Waals surface area contributed by atoms with Gasteiger partial charge in [0.05, 0.1) is 11.7 Å². The van der Waals surface area contributed by atoms with Crippen LogP contribution in [0.4, 0.5) is 0 Å². The van der Waals surface area contributed by atoms with Crippen LogP contribution in [0.25, 0.3) is 11.0 Å². The van der Waals surface area contributed by atoms with Crippen molar-refractivity contribution in [3.8, 4) is 17.7 Å². The first kappa shape index (κ1) is 12.3. The van der Waals surface area contributed by atoms with Crippen molar-refractivity contribution in [2.75, 3.05) is 0 Å². The number of halogens is 1. The van der Waals surface area contributed by atoms with Gasteiger partial charge in [0, 0.05) is 0 Å². The van der Waals surface area contributed by atoms with Gasteiger partial charge < -0.3 is 14.1 Å². The third-order valence-corrected chi connectivity index (χ3v) is 2.95. The highest BCUT2D eigenvalue weighted by molar-refractivity contribution is 6.31. The molecule has 0 bridgehead atoms. The number of hydrogen-bond donors (Lipinski definition) is 1. The number of aromatic nitrogens is 2. The molecule has 1 N–H and O–H groups in total. The van der Waals surface area contributed by atoms with E-state index in [1.54, 1.807) is 24.3 Å². The number of nitriles is 1. The van der Waals surface area contributed by atoms with E-state index >= 15 is 0 Å². The lowest BCUT2D eigenvalue weighted by Gasteiger charge is -2.03. The summed E-state index contributed by atoms with van der Waals surface area (Å²) in [5.41, 5.74) is -0.0250. The van der Waals surface area contributed by atoms with E-state index in [4.69, 9.17) is 26.0 Å². The van der Waals surface area contributed by atoms with E-state index in [0.29, 0.717) is 11.0 Å². The Hall–Kier alpha value is -2.78. The molecule has 0 fully saturated rings. The first-order chi connectivity index (χ1) is 9.70. The summed E-state index contributed by atoms with van der Waals surface area (Å²) in [5.74, 6) is 0.0888. The SMILES string of the molecule is N#Cc1oc2ccccc2c1Oc1nc[nH]c(=O)c1Cl. The maximum absolute atomic E-state index is 11.4. The van der Waals surface area contributed by atoms with Crippen LogP contribution >= 0.6 is 11.6 Å². The highest BCUT2D eigenvalue weighted by Gasteiger charge is 2.18. The molecule has 0 amide bonds. The third-order valence-electron chi connectivity index (χ3n) is 2.61. The Balaban J connectivity index is 2.18. The summed E-state index contributed by atoms with van der Waals surface area (Å²) in [4.78, 5) is 17.5. The zero-order chi connectivity index (χ0) is 14.1. The Morgan fingerprint density at radius 1 is 1.40 bits per heavy atom. The topological polar surface area (TPSA) is 91.9 Å². The van der Waals surface area contributed by atoms with Crippen molar-refractivity contribution in [1.29, 1.82) is 5.26 Å². The average Bonchev–Trinajstić information content (AvgIpc) is 2.82. The molecule has 0 spiro atoms. The molecule has 6 nitrogen and oxygen atoms in total. The molecule has 0 saturated heterocycles. The van der Waals surface area contributed by atoms with Crippen LogP contribution in [0, 0.1) is 11.3 Å². The van der Waals surface area contributed by atoms with Gasteiger partial charge in [-0.05, 0) is 12.1 Å². The molecule has 0 radical (unpaired) electrons. The summed E-state index contributed by atoms with van der Waals surface area (Å²) in [6.45, 7) is 0. The van der Waals surface area contributed by atoms with Crippen molar-refractivity contribution in [1.82, 2.24) is 9.97 Å². The molecule has 0 aliphatic heterocycles. The van der Waals surface area contributed by atoms with Gasteiger partial charge in [-0.2, -0.15) is 5.26 Å². The van der Waals surface area contributed by atoms with Crippen molar-refractivity contribution in [2.45, 2.75) is 0 Å². The lowest BCUT2D eigenvalue weighted by Crippen LogP contribution is -2.07. The van der Waals surface area contributed by atoms with Crippen molar-refractivity contribution in [2.24, 2.45) is 0 Å². The minimum absolute atomic E-state index is 0.00986. The maximum atomic E-state index is 11.4. The molecule has 2 heterocycles. The fraction of sp³-hybridized carbons (Fsp3) is 0. The molecule has 0 unspecified atom stereocenters. The van der Waals surface area contributed by atoms with Gasteiger partial charge in [-0.25, -0.2) is 4.98 Å². The Kier molecular flexibility index (Phi) is 2.89. The van der Waals surface area contributed by atoms with E-state index in [-0.39, 0.29) is 22.4 Å². The first-order valence-electron chi connectivity index (χ1n) is 5.53. The monoisotopic (exact) mass is 287 g/mol. The number of nitrogens with one attached hydrogen (secondary N) is 1. The Morgan fingerprint density at radius 3 is 3.00 bits per heavy atom. The Bertz CT molecular complexity index is 892. The van der Waals surface area contributed by atoms with Gasteiger partial charge >= 0.3 is 0 Å². The molecule has 2 aromatic heterocycles.